The number of nitrogens with zero attached hydrogens (tertiary/aromatic N) is 1. The van der Waals surface area contributed by atoms with E-state index in [1.807, 2.05) is 37.3 Å². The first kappa shape index (κ1) is 15.1. The number of amides is 2. The van der Waals surface area contributed by atoms with Crippen molar-refractivity contribution in [1.82, 2.24) is 10.3 Å². The van der Waals surface area contributed by atoms with Crippen molar-refractivity contribution in [2.24, 2.45) is 0 Å². The first-order valence-corrected chi connectivity index (χ1v) is 7.00. The topological polar surface area (TPSA) is 66.0 Å². The van der Waals surface area contributed by atoms with Gasteiger partial charge in [-0.25, -0.2) is 9.78 Å². The molecule has 5 nitrogen and oxygen atoms in total. The fraction of sp³-hybridized carbons (Fsp3) is 0.200. The maximum Gasteiger partial charge on any atom is 0.319 e. The SMILES string of the molecule is CC(CNc1ccccc1)NC(=O)Nc1cccnc1Cl. The van der Waals surface area contributed by atoms with Crippen molar-refractivity contribution in [2.75, 3.05) is 17.2 Å². The monoisotopic (exact) mass is 304 g/mol. The minimum absolute atomic E-state index is 0.0411. The molecule has 0 aliphatic heterocycles. The molecular formula is C15H17ClN4O. The number of anilines is 2. The van der Waals surface area contributed by atoms with Gasteiger partial charge in [0.05, 0.1) is 5.69 Å². The minimum Gasteiger partial charge on any atom is -0.383 e. The van der Waals surface area contributed by atoms with Gasteiger partial charge in [0.1, 0.15) is 0 Å². The number of hydrogen-bond acceptors (Lipinski definition) is 3. The third-order valence-electron chi connectivity index (χ3n) is 2.77. The highest BCUT2D eigenvalue weighted by Gasteiger charge is 2.09. The first-order valence-electron chi connectivity index (χ1n) is 6.62. The van der Waals surface area contributed by atoms with E-state index in [1.54, 1.807) is 18.3 Å². The number of urea groups is 1. The Balaban J connectivity index is 1.78. The van der Waals surface area contributed by atoms with Crippen LogP contribution < -0.4 is 16.0 Å². The standard InChI is InChI=1S/C15H17ClN4O/c1-11(10-18-12-6-3-2-4-7-12)19-15(21)20-13-8-5-9-17-14(13)16/h2-9,11,18H,10H2,1H3,(H2,19,20,21). The number of hydrogen-bond donors (Lipinski definition) is 3. The quantitative estimate of drug-likeness (QED) is 0.742. The van der Waals surface area contributed by atoms with E-state index in [9.17, 15) is 4.79 Å². The lowest BCUT2D eigenvalue weighted by Crippen LogP contribution is -2.40. The van der Waals surface area contributed by atoms with E-state index in [-0.39, 0.29) is 17.2 Å². The maximum absolute atomic E-state index is 11.9. The Morgan fingerprint density at radius 3 is 2.71 bits per heavy atom. The number of para-hydroxylation sites is 1. The molecule has 2 amide bonds. The van der Waals surface area contributed by atoms with E-state index in [1.165, 1.54) is 0 Å². The molecule has 0 spiro atoms. The maximum atomic E-state index is 11.9. The lowest BCUT2D eigenvalue weighted by molar-refractivity contribution is 0.249. The van der Waals surface area contributed by atoms with Gasteiger partial charge < -0.3 is 16.0 Å². The predicted octanol–water partition coefficient (Wildman–Crippen LogP) is 3.36. The second-order valence-electron chi connectivity index (χ2n) is 4.59. The molecule has 1 heterocycles. The number of nitrogens with one attached hydrogen (secondary N) is 3. The lowest BCUT2D eigenvalue weighted by atomic mass is 10.3. The molecule has 0 fully saturated rings. The lowest BCUT2D eigenvalue weighted by Gasteiger charge is -2.16. The number of halogens is 1. The Hall–Kier alpha value is -2.27. The van der Waals surface area contributed by atoms with Gasteiger partial charge in [-0.1, -0.05) is 29.8 Å². The zero-order valence-electron chi connectivity index (χ0n) is 11.6. The van der Waals surface area contributed by atoms with Crippen LogP contribution in [0.15, 0.2) is 48.7 Å². The van der Waals surface area contributed by atoms with Gasteiger partial charge in [0, 0.05) is 24.5 Å². The van der Waals surface area contributed by atoms with Gasteiger partial charge in [0.15, 0.2) is 5.15 Å². The van der Waals surface area contributed by atoms with Gasteiger partial charge in [-0.2, -0.15) is 0 Å². The summed E-state index contributed by atoms with van der Waals surface area (Å²) in [5.41, 5.74) is 1.50. The number of rotatable bonds is 5. The predicted molar refractivity (Wildman–Crippen MR) is 85.8 cm³/mol. The summed E-state index contributed by atoms with van der Waals surface area (Å²) in [6.45, 7) is 2.54. The molecule has 0 bridgehead atoms. The Labute approximate surface area is 128 Å². The van der Waals surface area contributed by atoms with Crippen molar-refractivity contribution < 1.29 is 4.79 Å². The van der Waals surface area contributed by atoms with Crippen LogP contribution in [0.25, 0.3) is 0 Å². The van der Waals surface area contributed by atoms with Gasteiger partial charge in [-0.15, -0.1) is 0 Å². The molecule has 0 saturated carbocycles. The van der Waals surface area contributed by atoms with Crippen LogP contribution in [0, 0.1) is 0 Å². The molecular weight excluding hydrogens is 288 g/mol. The summed E-state index contributed by atoms with van der Waals surface area (Å²) in [6, 6.07) is 12.9. The third kappa shape index (κ3) is 4.96. The Morgan fingerprint density at radius 1 is 1.24 bits per heavy atom. The first-order chi connectivity index (χ1) is 10.1. The normalized spacial score (nSPS) is 11.5. The van der Waals surface area contributed by atoms with Gasteiger partial charge in [-0.3, -0.25) is 0 Å². The molecule has 110 valence electrons. The number of carbonyl (C=O) groups excluding carboxylic acids is 1. The van der Waals surface area contributed by atoms with E-state index in [0.717, 1.165) is 5.69 Å². The number of aromatic nitrogens is 1. The van der Waals surface area contributed by atoms with Crippen LogP contribution in [0.1, 0.15) is 6.92 Å². The summed E-state index contributed by atoms with van der Waals surface area (Å²) < 4.78 is 0. The number of carbonyl (C=O) groups is 1. The average Bonchev–Trinajstić information content (AvgIpc) is 2.48. The zero-order chi connectivity index (χ0) is 15.1. The molecule has 6 heteroatoms. The van der Waals surface area contributed by atoms with Gasteiger partial charge >= 0.3 is 6.03 Å². The smallest absolute Gasteiger partial charge is 0.319 e. The average molecular weight is 305 g/mol. The van der Waals surface area contributed by atoms with Crippen molar-refractivity contribution >= 4 is 29.0 Å². The fourth-order valence-corrected chi connectivity index (χ4v) is 1.91. The van der Waals surface area contributed by atoms with Crippen molar-refractivity contribution in [3.05, 3.63) is 53.8 Å². The van der Waals surface area contributed by atoms with E-state index >= 15 is 0 Å². The van der Waals surface area contributed by atoms with Crippen molar-refractivity contribution in [1.29, 1.82) is 0 Å². The van der Waals surface area contributed by atoms with Crippen molar-refractivity contribution in [3.8, 4) is 0 Å². The summed E-state index contributed by atoms with van der Waals surface area (Å²) in [5, 5.41) is 9.00. The summed E-state index contributed by atoms with van der Waals surface area (Å²) in [5.74, 6) is 0. The van der Waals surface area contributed by atoms with E-state index in [0.29, 0.717) is 12.2 Å². The van der Waals surface area contributed by atoms with Crippen LogP contribution in [0.2, 0.25) is 5.15 Å². The largest absolute Gasteiger partial charge is 0.383 e. The Kier molecular flexibility index (Phi) is 5.40. The summed E-state index contributed by atoms with van der Waals surface area (Å²) in [6.07, 6.45) is 1.57. The Bertz CT molecular complexity index is 591. The molecule has 1 aromatic heterocycles. The highest BCUT2D eigenvalue weighted by molar-refractivity contribution is 6.32. The van der Waals surface area contributed by atoms with Gasteiger partial charge in [-0.05, 0) is 31.2 Å². The molecule has 0 saturated heterocycles. The molecule has 1 atom stereocenters. The van der Waals surface area contributed by atoms with Gasteiger partial charge in [0.25, 0.3) is 0 Å². The van der Waals surface area contributed by atoms with Crippen molar-refractivity contribution in [3.63, 3.8) is 0 Å². The van der Waals surface area contributed by atoms with E-state index < -0.39 is 0 Å². The van der Waals surface area contributed by atoms with Crippen LogP contribution >= 0.6 is 11.6 Å². The van der Waals surface area contributed by atoms with E-state index in [2.05, 4.69) is 20.9 Å². The molecule has 21 heavy (non-hydrogen) atoms. The third-order valence-corrected chi connectivity index (χ3v) is 3.07. The highest BCUT2D eigenvalue weighted by atomic mass is 35.5. The van der Waals surface area contributed by atoms with Gasteiger partial charge in [0.2, 0.25) is 0 Å². The molecule has 0 aliphatic rings. The van der Waals surface area contributed by atoms with Crippen LogP contribution in [0.3, 0.4) is 0 Å². The Morgan fingerprint density at radius 2 is 2.00 bits per heavy atom. The van der Waals surface area contributed by atoms with Crippen LogP contribution in [0.4, 0.5) is 16.2 Å². The summed E-state index contributed by atoms with van der Waals surface area (Å²) >= 11 is 5.88. The van der Waals surface area contributed by atoms with Crippen LogP contribution in [-0.2, 0) is 0 Å². The molecule has 0 radical (unpaired) electrons. The molecule has 1 unspecified atom stereocenters. The summed E-state index contributed by atoms with van der Waals surface area (Å²) in [7, 11) is 0. The van der Waals surface area contributed by atoms with Crippen molar-refractivity contribution in [2.45, 2.75) is 13.0 Å². The zero-order valence-corrected chi connectivity index (χ0v) is 12.4. The highest BCUT2D eigenvalue weighted by Crippen LogP contribution is 2.17. The van der Waals surface area contributed by atoms with Crippen LogP contribution in [0.5, 0.6) is 0 Å². The molecule has 2 rings (SSSR count). The number of benzene rings is 1. The molecule has 3 N–H and O–H groups in total. The van der Waals surface area contributed by atoms with Crippen LogP contribution in [-0.4, -0.2) is 23.6 Å². The number of pyridine rings is 1. The molecule has 2 aromatic rings. The second-order valence-corrected chi connectivity index (χ2v) is 4.95. The second kappa shape index (κ2) is 7.50. The summed E-state index contributed by atoms with van der Waals surface area (Å²) in [4.78, 5) is 15.7. The minimum atomic E-state index is -0.313. The fourth-order valence-electron chi connectivity index (χ4n) is 1.74. The molecule has 0 aliphatic carbocycles. The molecule has 1 aromatic carbocycles. The van der Waals surface area contributed by atoms with E-state index in [4.69, 9.17) is 11.6 Å².